The molecule has 2 rings (SSSR count). The summed E-state index contributed by atoms with van der Waals surface area (Å²) in [5, 5.41) is 4.42. The van der Waals surface area contributed by atoms with Crippen molar-refractivity contribution < 1.29 is 0 Å². The minimum atomic E-state index is 0.0718. The summed E-state index contributed by atoms with van der Waals surface area (Å²) in [4.78, 5) is 0. The minimum Gasteiger partial charge on any atom is -0.326 e. The van der Waals surface area contributed by atoms with Crippen LogP contribution in [0.25, 0.3) is 0 Å². The zero-order chi connectivity index (χ0) is 13.1. The van der Waals surface area contributed by atoms with E-state index in [2.05, 4.69) is 65.8 Å². The van der Waals surface area contributed by atoms with Crippen LogP contribution in [0.3, 0.4) is 0 Å². The molecule has 96 valence electrons. The van der Waals surface area contributed by atoms with Crippen LogP contribution in [-0.2, 0) is 0 Å². The van der Waals surface area contributed by atoms with E-state index in [4.69, 9.17) is 5.73 Å². The second-order valence-corrected chi connectivity index (χ2v) is 5.82. The molecule has 0 saturated carbocycles. The van der Waals surface area contributed by atoms with Gasteiger partial charge in [0.05, 0.1) is 15.8 Å². The fourth-order valence-electron chi connectivity index (χ4n) is 2.14. The van der Waals surface area contributed by atoms with Crippen LogP contribution in [0.5, 0.6) is 0 Å². The van der Waals surface area contributed by atoms with Gasteiger partial charge in [-0.05, 0) is 41.5 Å². The molecule has 2 atom stereocenters. The van der Waals surface area contributed by atoms with E-state index in [0.29, 0.717) is 0 Å². The van der Waals surface area contributed by atoms with Gasteiger partial charge >= 0.3 is 0 Å². The van der Waals surface area contributed by atoms with E-state index in [0.717, 1.165) is 9.99 Å². The topological polar surface area (TPSA) is 43.8 Å². The Morgan fingerprint density at radius 1 is 1.44 bits per heavy atom. The maximum atomic E-state index is 6.28. The monoisotopic (exact) mass is 355 g/mol. The zero-order valence-corrected chi connectivity index (χ0v) is 12.8. The number of aromatic nitrogens is 2. The Morgan fingerprint density at radius 2 is 2.22 bits per heavy atom. The highest BCUT2D eigenvalue weighted by Crippen LogP contribution is 2.23. The van der Waals surface area contributed by atoms with Gasteiger partial charge in [0, 0.05) is 12.2 Å². The van der Waals surface area contributed by atoms with Gasteiger partial charge in [0.2, 0.25) is 0 Å². The summed E-state index contributed by atoms with van der Waals surface area (Å²) in [6.07, 6.45) is 4.84. The molecule has 1 aromatic carbocycles. The van der Waals surface area contributed by atoms with E-state index in [-0.39, 0.29) is 12.1 Å². The van der Waals surface area contributed by atoms with Crippen molar-refractivity contribution in [2.45, 2.75) is 32.4 Å². The molecule has 0 aliphatic rings. The van der Waals surface area contributed by atoms with Crippen LogP contribution in [0.15, 0.2) is 36.7 Å². The largest absolute Gasteiger partial charge is 0.326 e. The standard InChI is InChI=1S/C14H18IN3/c1-3-13(16)14(18-9-12(15)8-17-18)11-6-4-5-10(2)7-11/h4-9,13-14H,3,16H2,1-2H3. The van der Waals surface area contributed by atoms with Gasteiger partial charge in [-0.2, -0.15) is 5.10 Å². The van der Waals surface area contributed by atoms with Crippen LogP contribution in [0, 0.1) is 10.5 Å². The number of rotatable bonds is 4. The van der Waals surface area contributed by atoms with E-state index in [1.807, 2.05) is 17.1 Å². The molecule has 0 spiro atoms. The van der Waals surface area contributed by atoms with Gasteiger partial charge in [0.25, 0.3) is 0 Å². The smallest absolute Gasteiger partial charge is 0.0919 e. The van der Waals surface area contributed by atoms with Gasteiger partial charge < -0.3 is 5.73 Å². The molecule has 0 saturated heterocycles. The number of nitrogens with zero attached hydrogens (tertiary/aromatic N) is 2. The number of aryl methyl sites for hydroxylation is 1. The summed E-state index contributed by atoms with van der Waals surface area (Å²) in [7, 11) is 0. The van der Waals surface area contributed by atoms with Crippen LogP contribution in [-0.4, -0.2) is 15.8 Å². The SMILES string of the molecule is CCC(N)C(c1cccc(C)c1)n1cc(I)cn1. The van der Waals surface area contributed by atoms with Gasteiger partial charge in [-0.1, -0.05) is 36.8 Å². The Morgan fingerprint density at radius 3 is 2.78 bits per heavy atom. The maximum Gasteiger partial charge on any atom is 0.0919 e. The summed E-state index contributed by atoms with van der Waals surface area (Å²) in [5.41, 5.74) is 8.76. The van der Waals surface area contributed by atoms with Crippen molar-refractivity contribution in [2.24, 2.45) is 5.73 Å². The first-order valence-corrected chi connectivity index (χ1v) is 7.21. The lowest BCUT2D eigenvalue weighted by Crippen LogP contribution is -2.32. The molecule has 1 aromatic heterocycles. The fourth-order valence-corrected chi connectivity index (χ4v) is 2.55. The quantitative estimate of drug-likeness (QED) is 0.857. The molecule has 4 heteroatoms. The molecule has 2 unspecified atom stereocenters. The van der Waals surface area contributed by atoms with Crippen LogP contribution < -0.4 is 5.73 Å². The van der Waals surface area contributed by atoms with Crippen LogP contribution in [0.4, 0.5) is 0 Å². The predicted octanol–water partition coefficient (Wildman–Crippen LogP) is 3.12. The first-order valence-electron chi connectivity index (χ1n) is 6.13. The molecule has 2 N–H and O–H groups in total. The van der Waals surface area contributed by atoms with E-state index < -0.39 is 0 Å². The first-order chi connectivity index (χ1) is 8.61. The Balaban J connectivity index is 2.43. The highest BCUT2D eigenvalue weighted by atomic mass is 127. The minimum absolute atomic E-state index is 0.0718. The Kier molecular flexibility index (Phi) is 4.40. The number of hydrogen-bond donors (Lipinski definition) is 1. The number of halogens is 1. The van der Waals surface area contributed by atoms with Crippen LogP contribution >= 0.6 is 22.6 Å². The van der Waals surface area contributed by atoms with Crippen molar-refractivity contribution >= 4 is 22.6 Å². The molecule has 0 aliphatic carbocycles. The highest BCUT2D eigenvalue weighted by molar-refractivity contribution is 14.1. The van der Waals surface area contributed by atoms with Crippen LogP contribution in [0.2, 0.25) is 0 Å². The van der Waals surface area contributed by atoms with E-state index >= 15 is 0 Å². The van der Waals surface area contributed by atoms with Crippen molar-refractivity contribution in [3.8, 4) is 0 Å². The molecule has 0 aliphatic heterocycles. The molecular weight excluding hydrogens is 337 g/mol. The summed E-state index contributed by atoms with van der Waals surface area (Å²) in [6, 6.07) is 8.68. The summed E-state index contributed by atoms with van der Waals surface area (Å²) in [6.45, 7) is 4.22. The van der Waals surface area contributed by atoms with E-state index in [1.54, 1.807) is 0 Å². The third-order valence-electron chi connectivity index (χ3n) is 3.12. The van der Waals surface area contributed by atoms with Crippen LogP contribution in [0.1, 0.15) is 30.5 Å². The second-order valence-electron chi connectivity index (χ2n) is 4.57. The van der Waals surface area contributed by atoms with Crippen molar-refractivity contribution in [2.75, 3.05) is 0 Å². The average Bonchev–Trinajstić information content (AvgIpc) is 2.76. The van der Waals surface area contributed by atoms with E-state index in [1.165, 1.54) is 11.1 Å². The van der Waals surface area contributed by atoms with Crippen molar-refractivity contribution in [3.63, 3.8) is 0 Å². The van der Waals surface area contributed by atoms with Gasteiger partial charge in [0.1, 0.15) is 0 Å². The lowest BCUT2D eigenvalue weighted by atomic mass is 9.97. The van der Waals surface area contributed by atoms with Crippen molar-refractivity contribution in [3.05, 3.63) is 51.4 Å². The van der Waals surface area contributed by atoms with Gasteiger partial charge in [-0.3, -0.25) is 4.68 Å². The Hall–Kier alpha value is -0.880. The Labute approximate surface area is 122 Å². The average molecular weight is 355 g/mol. The Bertz CT molecular complexity index is 521. The first kappa shape index (κ1) is 13.5. The molecular formula is C14H18IN3. The fraction of sp³-hybridized carbons (Fsp3) is 0.357. The molecule has 0 amide bonds. The molecule has 0 bridgehead atoms. The summed E-state index contributed by atoms with van der Waals surface area (Å²) < 4.78 is 3.11. The number of hydrogen-bond acceptors (Lipinski definition) is 2. The maximum absolute atomic E-state index is 6.28. The lowest BCUT2D eigenvalue weighted by molar-refractivity contribution is 0.424. The van der Waals surface area contributed by atoms with E-state index in [9.17, 15) is 0 Å². The lowest BCUT2D eigenvalue weighted by Gasteiger charge is -2.24. The summed E-state index contributed by atoms with van der Waals surface area (Å²) >= 11 is 2.27. The normalized spacial score (nSPS) is 14.4. The summed E-state index contributed by atoms with van der Waals surface area (Å²) in [5.74, 6) is 0. The molecule has 18 heavy (non-hydrogen) atoms. The molecule has 1 heterocycles. The molecule has 0 radical (unpaired) electrons. The third kappa shape index (κ3) is 2.92. The highest BCUT2D eigenvalue weighted by Gasteiger charge is 2.21. The van der Waals surface area contributed by atoms with Gasteiger partial charge in [-0.25, -0.2) is 0 Å². The molecule has 2 aromatic rings. The predicted molar refractivity (Wildman–Crippen MR) is 82.5 cm³/mol. The number of nitrogens with two attached hydrogens (primary N) is 1. The second kappa shape index (κ2) is 5.84. The zero-order valence-electron chi connectivity index (χ0n) is 10.7. The molecule has 0 fully saturated rings. The molecule has 3 nitrogen and oxygen atoms in total. The third-order valence-corrected chi connectivity index (χ3v) is 3.67. The van der Waals surface area contributed by atoms with Gasteiger partial charge in [0.15, 0.2) is 0 Å². The van der Waals surface area contributed by atoms with Crippen molar-refractivity contribution in [1.82, 2.24) is 9.78 Å². The van der Waals surface area contributed by atoms with Crippen molar-refractivity contribution in [1.29, 1.82) is 0 Å². The van der Waals surface area contributed by atoms with Gasteiger partial charge in [-0.15, -0.1) is 0 Å². The number of benzene rings is 1.